The molecular formula is C22H23ClN4O3. The van der Waals surface area contributed by atoms with Gasteiger partial charge in [-0.05, 0) is 43.7 Å². The van der Waals surface area contributed by atoms with Crippen LogP contribution < -0.4 is 10.1 Å². The first-order valence-electron chi connectivity index (χ1n) is 9.87. The number of hydrogen-bond donors (Lipinski definition) is 1. The number of ether oxygens (including phenoxy) is 1. The van der Waals surface area contributed by atoms with Crippen LogP contribution in [0.2, 0.25) is 5.02 Å². The lowest BCUT2D eigenvalue weighted by atomic mass is 9.97. The molecular weight excluding hydrogens is 404 g/mol. The molecule has 1 N–H and O–H groups in total. The number of rotatable bonds is 6. The summed E-state index contributed by atoms with van der Waals surface area (Å²) in [5.74, 6) is 1.57. The zero-order valence-corrected chi connectivity index (χ0v) is 17.4. The van der Waals surface area contributed by atoms with Gasteiger partial charge in [-0.25, -0.2) is 0 Å². The fraction of sp³-hybridized carbons (Fsp3) is 0.318. The maximum atomic E-state index is 12.8. The lowest BCUT2D eigenvalue weighted by Crippen LogP contribution is -2.40. The Bertz CT molecular complexity index is 1020. The molecule has 2 aromatic carbocycles. The summed E-state index contributed by atoms with van der Waals surface area (Å²) in [5.41, 5.74) is 1.50. The van der Waals surface area contributed by atoms with Gasteiger partial charge < -0.3 is 14.6 Å². The van der Waals surface area contributed by atoms with E-state index >= 15 is 0 Å². The number of piperidine rings is 1. The summed E-state index contributed by atoms with van der Waals surface area (Å²) in [5, 5.41) is 7.67. The van der Waals surface area contributed by atoms with Gasteiger partial charge in [-0.15, -0.1) is 0 Å². The Labute approximate surface area is 180 Å². The molecule has 1 fully saturated rings. The summed E-state index contributed by atoms with van der Waals surface area (Å²) in [4.78, 5) is 19.5. The number of nitrogens with zero attached hydrogens (tertiary/aromatic N) is 3. The first-order valence-corrected chi connectivity index (χ1v) is 10.2. The minimum Gasteiger partial charge on any atom is -0.495 e. The summed E-state index contributed by atoms with van der Waals surface area (Å²) in [6.07, 6.45) is 1.77. The highest BCUT2D eigenvalue weighted by atomic mass is 35.5. The van der Waals surface area contributed by atoms with E-state index in [4.69, 9.17) is 20.9 Å². The Hall–Kier alpha value is -2.90. The molecule has 1 atom stereocenters. The van der Waals surface area contributed by atoms with E-state index in [1.807, 2.05) is 36.4 Å². The zero-order valence-electron chi connectivity index (χ0n) is 16.7. The average molecular weight is 427 g/mol. The van der Waals surface area contributed by atoms with E-state index in [2.05, 4.69) is 20.4 Å². The minimum absolute atomic E-state index is 0.00524. The Morgan fingerprint density at radius 2 is 2.17 bits per heavy atom. The molecule has 0 spiro atoms. The van der Waals surface area contributed by atoms with Crippen LogP contribution in [0.3, 0.4) is 0 Å². The molecule has 0 saturated carbocycles. The molecule has 0 aliphatic carbocycles. The normalized spacial score (nSPS) is 16.9. The van der Waals surface area contributed by atoms with Crippen LogP contribution in [0.4, 0.5) is 5.69 Å². The molecule has 1 aliphatic heterocycles. The first kappa shape index (κ1) is 20.4. The number of likely N-dealkylation sites (tertiary alicyclic amines) is 1. The van der Waals surface area contributed by atoms with Crippen molar-refractivity contribution in [2.24, 2.45) is 5.92 Å². The Morgan fingerprint density at radius 3 is 3.00 bits per heavy atom. The Morgan fingerprint density at radius 1 is 1.30 bits per heavy atom. The number of methoxy groups -OCH3 is 1. The summed E-state index contributed by atoms with van der Waals surface area (Å²) >= 11 is 6.04. The highest BCUT2D eigenvalue weighted by molar-refractivity contribution is 6.30. The number of halogens is 1. The number of anilines is 1. The molecule has 1 amide bonds. The lowest BCUT2D eigenvalue weighted by Gasteiger charge is -2.31. The van der Waals surface area contributed by atoms with Crippen LogP contribution in [0.1, 0.15) is 18.7 Å². The second-order valence-corrected chi connectivity index (χ2v) is 7.72. The largest absolute Gasteiger partial charge is 0.495 e. The van der Waals surface area contributed by atoms with Gasteiger partial charge in [0.1, 0.15) is 5.75 Å². The predicted molar refractivity (Wildman–Crippen MR) is 114 cm³/mol. The number of carbonyl (C=O) groups is 1. The third-order valence-corrected chi connectivity index (χ3v) is 5.39. The highest BCUT2D eigenvalue weighted by Crippen LogP contribution is 2.26. The maximum Gasteiger partial charge on any atom is 0.241 e. The second-order valence-electron chi connectivity index (χ2n) is 7.29. The molecule has 1 saturated heterocycles. The van der Waals surface area contributed by atoms with Crippen molar-refractivity contribution in [3.63, 3.8) is 0 Å². The number of nitrogens with one attached hydrogen (secondary N) is 1. The van der Waals surface area contributed by atoms with Gasteiger partial charge in [0, 0.05) is 17.1 Å². The fourth-order valence-electron chi connectivity index (χ4n) is 3.65. The van der Waals surface area contributed by atoms with Crippen molar-refractivity contribution in [3.05, 3.63) is 59.4 Å². The van der Waals surface area contributed by atoms with Gasteiger partial charge in [0.25, 0.3) is 0 Å². The van der Waals surface area contributed by atoms with E-state index < -0.39 is 0 Å². The Kier molecular flexibility index (Phi) is 6.30. The topological polar surface area (TPSA) is 80.5 Å². The summed E-state index contributed by atoms with van der Waals surface area (Å²) in [6, 6.07) is 14.8. The molecule has 0 radical (unpaired) electrons. The average Bonchev–Trinajstić information content (AvgIpc) is 3.23. The predicted octanol–water partition coefficient (Wildman–Crippen LogP) is 4.25. The molecule has 0 bridgehead atoms. The van der Waals surface area contributed by atoms with E-state index in [9.17, 15) is 4.79 Å². The number of para-hydroxylation sites is 2. The smallest absolute Gasteiger partial charge is 0.241 e. The van der Waals surface area contributed by atoms with Crippen molar-refractivity contribution in [1.29, 1.82) is 0 Å². The van der Waals surface area contributed by atoms with E-state index in [1.54, 1.807) is 19.2 Å². The van der Waals surface area contributed by atoms with Crippen LogP contribution in [0.25, 0.3) is 11.4 Å². The van der Waals surface area contributed by atoms with Gasteiger partial charge in [0.05, 0.1) is 25.3 Å². The minimum atomic E-state index is -0.112. The van der Waals surface area contributed by atoms with Crippen molar-refractivity contribution in [3.8, 4) is 17.1 Å². The number of hydrogen-bond acceptors (Lipinski definition) is 6. The number of carbonyl (C=O) groups excluding carboxylic acids is 1. The molecule has 3 aromatic rings. The van der Waals surface area contributed by atoms with Crippen LogP contribution >= 0.6 is 11.6 Å². The van der Waals surface area contributed by atoms with Crippen molar-refractivity contribution in [2.75, 3.05) is 25.5 Å². The van der Waals surface area contributed by atoms with Gasteiger partial charge in [-0.3, -0.25) is 9.69 Å². The Balaban J connectivity index is 1.38. The maximum absolute atomic E-state index is 12.8. The van der Waals surface area contributed by atoms with E-state index in [0.717, 1.165) is 24.9 Å². The third-order valence-electron chi connectivity index (χ3n) is 5.15. The lowest BCUT2D eigenvalue weighted by molar-refractivity contribution is -0.121. The zero-order chi connectivity index (χ0) is 20.9. The molecule has 4 rings (SSSR count). The second kappa shape index (κ2) is 9.28. The molecule has 30 heavy (non-hydrogen) atoms. The van der Waals surface area contributed by atoms with Gasteiger partial charge in [-0.2, -0.15) is 4.98 Å². The van der Waals surface area contributed by atoms with Crippen LogP contribution in [0, 0.1) is 5.92 Å². The quantitative estimate of drug-likeness (QED) is 0.634. The van der Waals surface area contributed by atoms with Crippen molar-refractivity contribution < 1.29 is 14.1 Å². The van der Waals surface area contributed by atoms with E-state index in [0.29, 0.717) is 41.3 Å². The molecule has 8 heteroatoms. The van der Waals surface area contributed by atoms with Crippen molar-refractivity contribution >= 4 is 23.2 Å². The SMILES string of the molecule is COc1ccccc1NC(=O)C1CCCN(Cc2nc(-c3cccc(Cl)c3)no2)C1. The highest BCUT2D eigenvalue weighted by Gasteiger charge is 2.27. The summed E-state index contributed by atoms with van der Waals surface area (Å²) in [6.45, 7) is 2.02. The van der Waals surface area contributed by atoms with Gasteiger partial charge in [-0.1, -0.05) is 41.0 Å². The molecule has 1 unspecified atom stereocenters. The van der Waals surface area contributed by atoms with Crippen LogP contribution in [-0.2, 0) is 11.3 Å². The number of aromatic nitrogens is 2. The first-order chi connectivity index (χ1) is 14.6. The monoisotopic (exact) mass is 426 g/mol. The molecule has 1 aromatic heterocycles. The van der Waals surface area contributed by atoms with E-state index in [-0.39, 0.29) is 11.8 Å². The van der Waals surface area contributed by atoms with E-state index in [1.165, 1.54) is 0 Å². The summed E-state index contributed by atoms with van der Waals surface area (Å²) in [7, 11) is 1.59. The summed E-state index contributed by atoms with van der Waals surface area (Å²) < 4.78 is 10.7. The fourth-order valence-corrected chi connectivity index (χ4v) is 3.84. The molecule has 1 aliphatic rings. The standard InChI is InChI=1S/C22H23ClN4O3/c1-29-19-10-3-2-9-18(19)24-22(28)16-7-5-11-27(13-16)14-20-25-21(26-30-20)15-6-4-8-17(23)12-15/h2-4,6,8-10,12,16H,5,7,11,13-14H2,1H3,(H,24,28). The van der Waals surface area contributed by atoms with Gasteiger partial charge in [0.2, 0.25) is 17.6 Å². The van der Waals surface area contributed by atoms with Crippen LogP contribution in [-0.4, -0.2) is 41.1 Å². The van der Waals surface area contributed by atoms with Gasteiger partial charge >= 0.3 is 0 Å². The number of benzene rings is 2. The molecule has 7 nitrogen and oxygen atoms in total. The third kappa shape index (κ3) is 4.80. The number of amides is 1. The van der Waals surface area contributed by atoms with Crippen molar-refractivity contribution in [2.45, 2.75) is 19.4 Å². The van der Waals surface area contributed by atoms with Crippen molar-refractivity contribution in [1.82, 2.24) is 15.0 Å². The van der Waals surface area contributed by atoms with Crippen LogP contribution in [0.5, 0.6) is 5.75 Å². The van der Waals surface area contributed by atoms with Crippen LogP contribution in [0.15, 0.2) is 53.1 Å². The van der Waals surface area contributed by atoms with Gasteiger partial charge in [0.15, 0.2) is 0 Å². The molecule has 2 heterocycles. The molecule has 156 valence electrons.